The Hall–Kier alpha value is -11.7. The van der Waals surface area contributed by atoms with E-state index >= 15 is 0 Å². The third-order valence-electron chi connectivity index (χ3n) is 16.3. The highest BCUT2D eigenvalue weighted by molar-refractivity contribution is 7.87. The minimum atomic E-state index is -4.22. The van der Waals surface area contributed by atoms with Gasteiger partial charge in [0.05, 0.1) is 58.3 Å². The molecule has 14 nitrogen and oxygen atoms in total. The third kappa shape index (κ3) is 19.9. The molecule has 1 aromatic heterocycles. The Morgan fingerprint density at radius 1 is 0.500 bits per heavy atom. The number of ether oxygens (including phenoxy) is 2. The number of phenolic OH excluding ortho intramolecular Hbond substituents is 1. The Kier molecular flexibility index (Phi) is 25.9. The summed E-state index contributed by atoms with van der Waals surface area (Å²) in [5.41, 5.74) is 13.1. The van der Waals surface area contributed by atoms with Gasteiger partial charge < -0.3 is 23.3 Å². The molecule has 1 N–H and O–H groups in total. The number of aryl methyl sites for hydroxylation is 1. The number of carbonyl (C=O) groups excluding carboxylic acids is 1. The number of hydrogen-bond acceptors (Lipinski definition) is 13. The number of para-hydroxylation sites is 5. The summed E-state index contributed by atoms with van der Waals surface area (Å²) in [7, 11) is 1.23. The van der Waals surface area contributed by atoms with Gasteiger partial charge >= 0.3 is 10.1 Å². The second kappa shape index (κ2) is 35.3. The van der Waals surface area contributed by atoms with Crippen LogP contribution in [0.4, 0.5) is 22.7 Å². The maximum atomic E-state index is 12.3. The number of anilines is 4. The first-order chi connectivity index (χ1) is 49.9. The summed E-state index contributed by atoms with van der Waals surface area (Å²) >= 11 is 17.5. The average Bonchev–Trinajstić information content (AvgIpc) is 1.66. The molecule has 0 saturated carbocycles. The predicted molar refractivity (Wildman–Crippen MR) is 425 cm³/mol. The molecular formula is C86H76Cl3N7O7S. The molecule has 524 valence electrons. The summed E-state index contributed by atoms with van der Waals surface area (Å²) < 4.78 is 42.6. The standard InChI is InChI=1S/C29H26N2O2.C26H21N3.C16H7Cl3N2O3S.C15H22O2/c1-32-27-17-13-23(14-18-27)29(24-15-19-28(33-2)20-16-24)21-22-30-31(25-9-5-3-6-10-25)26-11-7-4-8-12-26;1-28-25-15-9-8-14-23(25)24-18-20(16-17-26(24)28)19-27-29(21-10-4-2-5-11-21)22-12-6-3-7-13-22;17-13-6-15(19)16(7-14(13)18)25(22,23)24-12-3-1-10(2-4-12)5-11(8-20)9-21;1-14(2,3)11-7-10(9-16)8-12(13(11)17)15(4,5)6/h3-22H,1-2H3;2-19H,1H3;1-7H;7-9,17H,1-6H3/b30-22-;;;. The second-order valence-corrected chi connectivity index (χ2v) is 28.3. The molecule has 11 aromatic carbocycles. The van der Waals surface area contributed by atoms with Crippen LogP contribution in [-0.2, 0) is 28.0 Å². The van der Waals surface area contributed by atoms with E-state index in [0.29, 0.717) is 16.9 Å². The predicted octanol–water partition coefficient (Wildman–Crippen LogP) is 22.1. The molecule has 0 saturated heterocycles. The van der Waals surface area contributed by atoms with Crippen LogP contribution >= 0.6 is 34.8 Å². The highest BCUT2D eigenvalue weighted by Crippen LogP contribution is 2.40. The number of hydrazone groups is 2. The number of carbonyl (C=O) groups is 1. The van der Waals surface area contributed by atoms with E-state index in [1.165, 1.54) is 58.2 Å². The number of methoxy groups -OCH3 is 2. The number of phenols is 1. The molecule has 18 heteroatoms. The van der Waals surface area contributed by atoms with Gasteiger partial charge in [-0.25, -0.2) is 10.0 Å². The minimum Gasteiger partial charge on any atom is -0.507 e. The molecular weight excluding hydrogens is 1380 g/mol. The van der Waals surface area contributed by atoms with E-state index in [1.54, 1.807) is 38.5 Å². The summed E-state index contributed by atoms with van der Waals surface area (Å²) in [6, 6.07) is 86.8. The molecule has 0 bridgehead atoms. The zero-order valence-corrected chi connectivity index (χ0v) is 61.9. The van der Waals surface area contributed by atoms with Crippen LogP contribution in [0.5, 0.6) is 23.0 Å². The largest absolute Gasteiger partial charge is 0.507 e. The van der Waals surface area contributed by atoms with Crippen molar-refractivity contribution in [2.75, 3.05) is 24.2 Å². The molecule has 0 fully saturated rings. The maximum Gasteiger partial charge on any atom is 0.340 e. The average molecular weight is 1460 g/mol. The Morgan fingerprint density at radius 2 is 0.923 bits per heavy atom. The minimum absolute atomic E-state index is 0.0225. The molecule has 0 aliphatic rings. The van der Waals surface area contributed by atoms with Crippen LogP contribution < -0.4 is 23.7 Å². The highest BCUT2D eigenvalue weighted by Gasteiger charge is 2.27. The van der Waals surface area contributed by atoms with Gasteiger partial charge in [-0.2, -0.15) is 29.1 Å². The fraction of sp³-hybridized carbons (Fsp3) is 0.128. The van der Waals surface area contributed by atoms with E-state index in [-0.39, 0.29) is 42.1 Å². The van der Waals surface area contributed by atoms with E-state index in [9.17, 15) is 18.3 Å². The van der Waals surface area contributed by atoms with Crippen LogP contribution in [0.3, 0.4) is 0 Å². The zero-order chi connectivity index (χ0) is 74.6. The molecule has 104 heavy (non-hydrogen) atoms. The lowest BCUT2D eigenvalue weighted by Crippen LogP contribution is -2.17. The first-order valence-corrected chi connectivity index (χ1v) is 35.4. The SMILES string of the molecule is CC(C)(C)c1cc(C=O)cc(C(C)(C)C)c1O.COc1ccc(C(=C/C=N\N(c2ccccc2)c2ccccc2)c2ccc(OC)cc2)cc1.Cn1c2ccccc2c2cc(C=NN(c3ccccc3)c3ccccc3)ccc21.N#CC(C#N)=Cc1ccc(OS(=O)(=O)c2cc(Cl)c(Cl)cc2Cl)cc1. The normalized spacial score (nSPS) is 11.1. The smallest absolute Gasteiger partial charge is 0.340 e. The van der Waals surface area contributed by atoms with Gasteiger partial charge in [-0.1, -0.05) is 210 Å². The molecule has 0 aliphatic heterocycles. The third-order valence-corrected chi connectivity index (χ3v) is 18.7. The van der Waals surface area contributed by atoms with Crippen molar-refractivity contribution in [2.45, 2.75) is 57.3 Å². The van der Waals surface area contributed by atoms with Crippen LogP contribution in [0.15, 0.2) is 288 Å². The molecule has 0 unspecified atom stereocenters. The van der Waals surface area contributed by atoms with Gasteiger partial charge in [0, 0.05) is 51.8 Å². The van der Waals surface area contributed by atoms with Gasteiger partial charge in [-0.05, 0) is 178 Å². The lowest BCUT2D eigenvalue weighted by Gasteiger charge is -2.27. The van der Waals surface area contributed by atoms with Crippen molar-refractivity contribution < 1.29 is 32.0 Å². The lowest BCUT2D eigenvalue weighted by atomic mass is 9.78. The van der Waals surface area contributed by atoms with Crippen LogP contribution in [0.25, 0.3) is 33.5 Å². The summed E-state index contributed by atoms with van der Waals surface area (Å²) in [4.78, 5) is 10.7. The summed E-state index contributed by atoms with van der Waals surface area (Å²) in [6.45, 7) is 12.2. The van der Waals surface area contributed by atoms with Crippen LogP contribution in [0, 0.1) is 22.7 Å². The Bertz CT molecular complexity index is 5080. The summed E-state index contributed by atoms with van der Waals surface area (Å²) in [5.74, 6) is 1.98. The van der Waals surface area contributed by atoms with Gasteiger partial charge in [0.2, 0.25) is 0 Å². The van der Waals surface area contributed by atoms with Crippen molar-refractivity contribution in [1.82, 2.24) is 4.57 Å². The van der Waals surface area contributed by atoms with Crippen molar-refractivity contribution in [2.24, 2.45) is 17.3 Å². The van der Waals surface area contributed by atoms with Crippen LogP contribution in [0.1, 0.15) is 85.3 Å². The number of hydrogen-bond donors (Lipinski definition) is 1. The molecule has 0 spiro atoms. The van der Waals surface area contributed by atoms with Gasteiger partial charge in [-0.15, -0.1) is 0 Å². The number of aromatic hydroxyl groups is 1. The van der Waals surface area contributed by atoms with E-state index in [4.69, 9.17) is 69.2 Å². The fourth-order valence-corrected chi connectivity index (χ4v) is 12.8. The van der Waals surface area contributed by atoms with E-state index < -0.39 is 10.1 Å². The number of allylic oxidation sites excluding steroid dienone is 2. The van der Waals surface area contributed by atoms with Crippen molar-refractivity contribution in [3.05, 3.63) is 327 Å². The molecule has 12 rings (SSSR count). The first kappa shape index (κ1) is 76.5. The molecule has 0 atom stereocenters. The quantitative estimate of drug-likeness (QED) is 0.0229. The van der Waals surface area contributed by atoms with Crippen LogP contribution in [0.2, 0.25) is 15.1 Å². The summed E-state index contributed by atoms with van der Waals surface area (Å²) in [5, 5.41) is 43.8. The van der Waals surface area contributed by atoms with E-state index in [0.717, 1.165) is 80.0 Å². The van der Waals surface area contributed by atoms with Gasteiger partial charge in [0.1, 0.15) is 51.9 Å². The van der Waals surface area contributed by atoms with Crippen molar-refractivity contribution in [3.8, 4) is 35.1 Å². The number of halogens is 3. The maximum absolute atomic E-state index is 12.3. The van der Waals surface area contributed by atoms with Gasteiger partial charge in [0.25, 0.3) is 0 Å². The number of nitriles is 2. The fourth-order valence-electron chi connectivity index (χ4n) is 10.9. The van der Waals surface area contributed by atoms with E-state index in [2.05, 4.69) is 103 Å². The molecule has 1 heterocycles. The highest BCUT2D eigenvalue weighted by atomic mass is 35.5. The number of nitrogens with zero attached hydrogens (tertiary/aromatic N) is 7. The van der Waals surface area contributed by atoms with Gasteiger partial charge in [-0.3, -0.25) is 4.79 Å². The molecule has 0 aliphatic carbocycles. The summed E-state index contributed by atoms with van der Waals surface area (Å²) in [6.07, 6.45) is 7.99. The lowest BCUT2D eigenvalue weighted by molar-refractivity contribution is 0.112. The van der Waals surface area contributed by atoms with Crippen molar-refractivity contribution in [1.29, 1.82) is 10.5 Å². The van der Waals surface area contributed by atoms with E-state index in [1.807, 2.05) is 191 Å². The van der Waals surface area contributed by atoms with Crippen molar-refractivity contribution in [3.63, 3.8) is 0 Å². The first-order valence-electron chi connectivity index (χ1n) is 32.8. The Balaban J connectivity index is 0.000000165. The van der Waals surface area contributed by atoms with Crippen molar-refractivity contribution >= 4 is 120 Å². The van der Waals surface area contributed by atoms with Gasteiger partial charge in [0.15, 0.2) is 0 Å². The monoisotopic (exact) mass is 1460 g/mol. The molecule has 12 aromatic rings. The molecule has 0 radical (unpaired) electrons. The number of aldehydes is 1. The topological polar surface area (TPSA) is 183 Å². The number of aromatic nitrogens is 1. The second-order valence-electron chi connectivity index (χ2n) is 25.5. The Morgan fingerprint density at radius 3 is 1.38 bits per heavy atom. The number of fused-ring (bicyclic) bond motifs is 3. The zero-order valence-electron chi connectivity index (χ0n) is 58.8. The molecule has 0 amide bonds. The Labute approximate surface area is 623 Å². The number of rotatable bonds is 17. The van der Waals surface area contributed by atoms with Crippen LogP contribution in [-0.4, -0.2) is 51.0 Å². The number of benzene rings is 11.